The van der Waals surface area contributed by atoms with Crippen molar-refractivity contribution >= 4 is 33.5 Å². The Balaban J connectivity index is 1.83. The third-order valence-electron chi connectivity index (χ3n) is 5.10. The van der Waals surface area contributed by atoms with E-state index in [0.29, 0.717) is 30.9 Å². The van der Waals surface area contributed by atoms with Crippen molar-refractivity contribution in [3.8, 4) is 0 Å². The number of amidine groups is 1. The summed E-state index contributed by atoms with van der Waals surface area (Å²) >= 11 is 0. The Morgan fingerprint density at radius 2 is 1.79 bits per heavy atom. The van der Waals surface area contributed by atoms with E-state index in [4.69, 9.17) is 5.14 Å². The zero-order valence-corrected chi connectivity index (χ0v) is 17.4. The summed E-state index contributed by atoms with van der Waals surface area (Å²) in [5, 5.41) is 5.11. The molecule has 0 radical (unpaired) electrons. The standard InChI is InChI=1S/C19H23N5O4S/c1-4-13-11-22-17-15(18(25)24(3)19(26)23(17)2)16(13)21-10-9-12-5-7-14(8-6-12)29(20,27)28/h5-8,11,15H,4,9-10H2,1-3H3,(H2,20,27,28)/p+1. The summed E-state index contributed by atoms with van der Waals surface area (Å²) in [5.41, 5.74) is 2.47. The van der Waals surface area contributed by atoms with E-state index in [9.17, 15) is 18.0 Å². The van der Waals surface area contributed by atoms with E-state index < -0.39 is 22.0 Å². The molecule has 2 aliphatic heterocycles. The summed E-state index contributed by atoms with van der Waals surface area (Å²) in [7, 11) is -0.635. The highest BCUT2D eigenvalue weighted by molar-refractivity contribution is 7.89. The first-order valence-electron chi connectivity index (χ1n) is 9.19. The highest BCUT2D eigenvalue weighted by atomic mass is 32.2. The van der Waals surface area contributed by atoms with Crippen molar-refractivity contribution in [2.75, 3.05) is 20.6 Å². The lowest BCUT2D eigenvalue weighted by Gasteiger charge is -2.32. The van der Waals surface area contributed by atoms with Crippen molar-refractivity contribution in [3.05, 3.63) is 41.6 Å². The molecule has 3 rings (SSSR count). The predicted octanol–water partition coefficient (Wildman–Crippen LogP) is -0.756. The topological polar surface area (TPSA) is 127 Å². The third kappa shape index (κ3) is 3.99. The summed E-state index contributed by atoms with van der Waals surface area (Å²) in [5.74, 6) is -0.454. The number of carbonyl (C=O) groups is 2. The number of primary sulfonamides is 1. The van der Waals surface area contributed by atoms with Crippen LogP contribution in [-0.2, 0) is 21.2 Å². The van der Waals surface area contributed by atoms with Crippen LogP contribution in [0.25, 0.3) is 0 Å². The van der Waals surface area contributed by atoms with Crippen molar-refractivity contribution in [2.24, 2.45) is 16.0 Å². The van der Waals surface area contributed by atoms with Gasteiger partial charge < -0.3 is 0 Å². The minimum Gasteiger partial charge on any atom is -0.287 e. The second kappa shape index (κ2) is 7.88. The van der Waals surface area contributed by atoms with Crippen LogP contribution >= 0.6 is 0 Å². The first-order chi connectivity index (χ1) is 13.6. The first kappa shape index (κ1) is 20.9. The largest absolute Gasteiger partial charge is 0.417 e. The van der Waals surface area contributed by atoms with Gasteiger partial charge in [-0.3, -0.25) is 9.79 Å². The van der Waals surface area contributed by atoms with Gasteiger partial charge in [0.05, 0.1) is 23.9 Å². The molecule has 1 fully saturated rings. The van der Waals surface area contributed by atoms with Crippen LogP contribution < -0.4 is 10.1 Å². The van der Waals surface area contributed by atoms with Crippen molar-refractivity contribution in [3.63, 3.8) is 0 Å². The lowest BCUT2D eigenvalue weighted by Crippen LogP contribution is -2.80. The number of imide groups is 1. The summed E-state index contributed by atoms with van der Waals surface area (Å²) < 4.78 is 22.7. The number of amides is 3. The number of sulfonamides is 1. The smallest absolute Gasteiger partial charge is 0.287 e. The van der Waals surface area contributed by atoms with E-state index in [0.717, 1.165) is 16.0 Å². The summed E-state index contributed by atoms with van der Waals surface area (Å²) in [6.07, 6.45) is 3.04. The zero-order chi connectivity index (χ0) is 21.3. The Morgan fingerprint density at radius 1 is 1.14 bits per heavy atom. The molecule has 154 valence electrons. The quantitative estimate of drug-likeness (QED) is 0.652. The average molecular weight is 418 g/mol. The number of allylic oxidation sites excluding steroid dienone is 1. The second-order valence-corrected chi connectivity index (χ2v) is 8.49. The monoisotopic (exact) mass is 418 g/mol. The highest BCUT2D eigenvalue weighted by Crippen LogP contribution is 2.22. The minimum absolute atomic E-state index is 0.0601. The fourth-order valence-electron chi connectivity index (χ4n) is 3.40. The molecule has 3 amide bonds. The SMILES string of the molecule is CCC1=C[NH+]=C2C(C(=O)N(C)C(=O)N2C)C1=NCCc1ccc(S(N)(=O)=O)cc1. The minimum atomic E-state index is -3.72. The number of hydrogen-bond donors (Lipinski definition) is 2. The van der Waals surface area contributed by atoms with Gasteiger partial charge in [-0.1, -0.05) is 19.1 Å². The van der Waals surface area contributed by atoms with Crippen LogP contribution in [0.2, 0.25) is 0 Å². The van der Waals surface area contributed by atoms with Crippen molar-refractivity contribution in [1.29, 1.82) is 0 Å². The molecule has 0 bridgehead atoms. The maximum atomic E-state index is 12.8. The molecule has 0 aromatic heterocycles. The van der Waals surface area contributed by atoms with Gasteiger partial charge in [-0.05, 0) is 30.5 Å². The van der Waals surface area contributed by atoms with E-state index in [-0.39, 0.29) is 10.8 Å². The number of fused-ring (bicyclic) bond motifs is 1. The van der Waals surface area contributed by atoms with Crippen LogP contribution in [0.3, 0.4) is 0 Å². The van der Waals surface area contributed by atoms with Crippen molar-refractivity contribution in [2.45, 2.75) is 24.7 Å². The molecule has 1 atom stereocenters. The van der Waals surface area contributed by atoms with Crippen LogP contribution in [0.4, 0.5) is 4.79 Å². The average Bonchev–Trinajstić information content (AvgIpc) is 2.70. The fourth-order valence-corrected chi connectivity index (χ4v) is 3.92. The maximum absolute atomic E-state index is 12.8. The third-order valence-corrected chi connectivity index (χ3v) is 6.03. The van der Waals surface area contributed by atoms with Gasteiger partial charge in [0.15, 0.2) is 5.92 Å². The molecule has 1 aromatic rings. The van der Waals surface area contributed by atoms with E-state index >= 15 is 0 Å². The molecule has 1 unspecified atom stereocenters. The van der Waals surface area contributed by atoms with E-state index in [1.807, 2.05) is 6.92 Å². The van der Waals surface area contributed by atoms with Crippen LogP contribution in [0.15, 0.2) is 45.9 Å². The number of nitrogens with two attached hydrogens (primary N) is 1. The Labute approximate surface area is 169 Å². The molecule has 0 saturated carbocycles. The number of nitrogens with one attached hydrogen (secondary N) is 1. The lowest BCUT2D eigenvalue weighted by molar-refractivity contribution is -0.383. The molecule has 2 heterocycles. The number of rotatable bonds is 5. The van der Waals surface area contributed by atoms with Gasteiger partial charge in [0.25, 0.3) is 11.7 Å². The van der Waals surface area contributed by atoms with Crippen molar-refractivity contribution in [1.82, 2.24) is 9.80 Å². The number of urea groups is 1. The number of aliphatic imine (C=N–C) groups is 1. The fraction of sp³-hybridized carbons (Fsp3) is 0.368. The van der Waals surface area contributed by atoms with E-state index in [1.54, 1.807) is 25.4 Å². The van der Waals surface area contributed by atoms with Gasteiger partial charge in [0.2, 0.25) is 10.0 Å². The molecule has 9 nitrogen and oxygen atoms in total. The Bertz CT molecular complexity index is 1040. The van der Waals surface area contributed by atoms with E-state index in [2.05, 4.69) is 9.98 Å². The molecule has 1 aromatic carbocycles. The summed E-state index contributed by atoms with van der Waals surface area (Å²) in [4.78, 5) is 35.4. The molecule has 2 aliphatic rings. The summed E-state index contributed by atoms with van der Waals surface area (Å²) in [6, 6.07) is 5.93. The molecule has 1 saturated heterocycles. The molecule has 29 heavy (non-hydrogen) atoms. The molecular weight excluding hydrogens is 394 g/mol. The van der Waals surface area contributed by atoms with Crippen LogP contribution in [0, 0.1) is 5.92 Å². The number of hydrogen-bond acceptors (Lipinski definition) is 5. The number of benzene rings is 1. The first-order valence-corrected chi connectivity index (χ1v) is 10.7. The van der Waals surface area contributed by atoms with Gasteiger partial charge in [-0.2, -0.15) is 4.90 Å². The number of nitrogens with zero attached hydrogens (tertiary/aromatic N) is 3. The van der Waals surface area contributed by atoms with Crippen LogP contribution in [0.5, 0.6) is 0 Å². The van der Waals surface area contributed by atoms with Crippen molar-refractivity contribution < 1.29 is 23.0 Å². The molecule has 0 spiro atoms. The molecule has 10 heteroatoms. The predicted molar refractivity (Wildman–Crippen MR) is 108 cm³/mol. The van der Waals surface area contributed by atoms with Gasteiger partial charge >= 0.3 is 6.03 Å². The second-order valence-electron chi connectivity index (χ2n) is 6.93. The van der Waals surface area contributed by atoms with Gasteiger partial charge in [-0.25, -0.2) is 28.2 Å². The van der Waals surface area contributed by atoms with Gasteiger partial charge in [0.1, 0.15) is 0 Å². The number of carbonyl (C=O) groups excluding carboxylic acids is 2. The van der Waals surface area contributed by atoms with E-state index in [1.165, 1.54) is 24.1 Å². The van der Waals surface area contributed by atoms with Gasteiger partial charge in [-0.15, -0.1) is 0 Å². The van der Waals surface area contributed by atoms with Crippen LogP contribution in [-0.4, -0.2) is 62.3 Å². The Kier molecular flexibility index (Phi) is 5.67. The van der Waals surface area contributed by atoms with Gasteiger partial charge in [0, 0.05) is 19.2 Å². The summed E-state index contributed by atoms with van der Waals surface area (Å²) in [6.45, 7) is 2.39. The highest BCUT2D eigenvalue weighted by Gasteiger charge is 2.50. The molecule has 0 aliphatic carbocycles. The van der Waals surface area contributed by atoms with Crippen LogP contribution in [0.1, 0.15) is 18.9 Å². The Hall–Kier alpha value is -2.85. The molecular formula is C19H24N5O4S+. The maximum Gasteiger partial charge on any atom is 0.417 e. The zero-order valence-electron chi connectivity index (χ0n) is 16.5. The molecule has 3 N–H and O–H groups in total. The Morgan fingerprint density at radius 3 is 2.38 bits per heavy atom. The lowest BCUT2D eigenvalue weighted by atomic mass is 9.89. The normalized spacial score (nSPS) is 21.2.